The largest absolute Gasteiger partial charge is 0.377 e. The van der Waals surface area contributed by atoms with Crippen molar-refractivity contribution in [1.82, 2.24) is 10.2 Å². The molecule has 1 atom stereocenters. The smallest absolute Gasteiger partial charge is 0.249 e. The summed E-state index contributed by atoms with van der Waals surface area (Å²) in [5.74, 6) is 0.0624. The van der Waals surface area contributed by atoms with E-state index in [1.54, 1.807) is 4.90 Å². The predicted molar refractivity (Wildman–Crippen MR) is 80.8 cm³/mol. The first-order valence-electron chi connectivity index (χ1n) is 8.12. The zero-order valence-electron chi connectivity index (χ0n) is 13.7. The van der Waals surface area contributed by atoms with Crippen LogP contribution < -0.4 is 5.32 Å². The van der Waals surface area contributed by atoms with Crippen LogP contribution in [-0.2, 0) is 14.3 Å². The van der Waals surface area contributed by atoms with Crippen LogP contribution in [0.25, 0.3) is 0 Å². The zero-order valence-corrected chi connectivity index (χ0v) is 13.7. The number of nitrogens with one attached hydrogen (secondary N) is 1. The number of amides is 2. The van der Waals surface area contributed by atoms with Gasteiger partial charge in [0.2, 0.25) is 11.8 Å². The second-order valence-corrected chi connectivity index (χ2v) is 6.75. The van der Waals surface area contributed by atoms with Gasteiger partial charge in [-0.1, -0.05) is 19.8 Å². The van der Waals surface area contributed by atoms with Crippen LogP contribution in [-0.4, -0.2) is 47.0 Å². The molecule has 1 saturated carbocycles. The van der Waals surface area contributed by atoms with E-state index in [0.717, 1.165) is 25.7 Å². The van der Waals surface area contributed by atoms with Crippen molar-refractivity contribution in [1.29, 1.82) is 0 Å². The summed E-state index contributed by atoms with van der Waals surface area (Å²) in [5.41, 5.74) is -1.41. The first kappa shape index (κ1) is 16.3. The highest BCUT2D eigenvalue weighted by atomic mass is 16.5. The van der Waals surface area contributed by atoms with Crippen molar-refractivity contribution in [3.8, 4) is 0 Å². The van der Waals surface area contributed by atoms with Crippen molar-refractivity contribution in [2.24, 2.45) is 0 Å². The van der Waals surface area contributed by atoms with E-state index in [-0.39, 0.29) is 17.9 Å². The Kier molecular flexibility index (Phi) is 4.61. The van der Waals surface area contributed by atoms with Gasteiger partial charge >= 0.3 is 0 Å². The van der Waals surface area contributed by atoms with Gasteiger partial charge < -0.3 is 15.0 Å². The molecule has 0 bridgehead atoms. The molecule has 2 rings (SSSR count). The van der Waals surface area contributed by atoms with Gasteiger partial charge in [0.1, 0.15) is 11.1 Å². The average molecular weight is 296 g/mol. The summed E-state index contributed by atoms with van der Waals surface area (Å²) in [6.07, 6.45) is 4.28. The molecule has 1 unspecified atom stereocenters. The molecule has 0 aromatic rings. The Balaban J connectivity index is 2.21. The molecule has 2 aliphatic rings. The lowest BCUT2D eigenvalue weighted by molar-refractivity contribution is -0.163. The van der Waals surface area contributed by atoms with Crippen molar-refractivity contribution in [3.05, 3.63) is 0 Å². The number of hydrogen-bond acceptors (Lipinski definition) is 3. The lowest BCUT2D eigenvalue weighted by Gasteiger charge is -2.50. The van der Waals surface area contributed by atoms with Crippen molar-refractivity contribution >= 4 is 11.8 Å². The predicted octanol–water partition coefficient (Wildman–Crippen LogP) is 1.85. The van der Waals surface area contributed by atoms with E-state index in [1.807, 2.05) is 27.7 Å². The van der Waals surface area contributed by atoms with Crippen LogP contribution in [0.4, 0.5) is 0 Å². The Morgan fingerprint density at radius 3 is 2.43 bits per heavy atom. The van der Waals surface area contributed by atoms with E-state index in [9.17, 15) is 9.59 Å². The number of ether oxygens (including phenoxy) is 1. The number of nitrogens with zero attached hydrogens (tertiary/aromatic N) is 1. The van der Waals surface area contributed by atoms with Crippen molar-refractivity contribution < 1.29 is 14.3 Å². The highest BCUT2D eigenvalue weighted by Crippen LogP contribution is 2.38. The summed E-state index contributed by atoms with van der Waals surface area (Å²) in [4.78, 5) is 27.4. The first-order chi connectivity index (χ1) is 9.85. The number of carbonyl (C=O) groups excluding carboxylic acids is 2. The number of piperazine rings is 1. The fraction of sp³-hybridized carbons (Fsp3) is 0.875. The molecule has 5 nitrogen and oxygen atoms in total. The average Bonchev–Trinajstić information content (AvgIpc) is 2.90. The van der Waals surface area contributed by atoms with E-state index < -0.39 is 11.1 Å². The van der Waals surface area contributed by atoms with Gasteiger partial charge in [-0.3, -0.25) is 9.59 Å². The summed E-state index contributed by atoms with van der Waals surface area (Å²) < 4.78 is 5.59. The second kappa shape index (κ2) is 5.95. The molecule has 21 heavy (non-hydrogen) atoms. The Morgan fingerprint density at radius 1 is 1.29 bits per heavy atom. The summed E-state index contributed by atoms with van der Waals surface area (Å²) in [7, 11) is 0. The fourth-order valence-corrected chi connectivity index (χ4v) is 3.41. The molecule has 1 spiro atoms. The maximum absolute atomic E-state index is 13.0. The van der Waals surface area contributed by atoms with E-state index in [0.29, 0.717) is 19.6 Å². The maximum atomic E-state index is 13.0. The van der Waals surface area contributed by atoms with Crippen molar-refractivity contribution in [3.63, 3.8) is 0 Å². The number of hydrogen-bond donors (Lipinski definition) is 1. The van der Waals surface area contributed by atoms with Crippen LogP contribution in [0.3, 0.4) is 0 Å². The van der Waals surface area contributed by atoms with Crippen LogP contribution >= 0.6 is 0 Å². The molecule has 120 valence electrons. The molecular weight excluding hydrogens is 268 g/mol. The third-order valence-corrected chi connectivity index (χ3v) is 5.00. The van der Waals surface area contributed by atoms with Crippen molar-refractivity contribution in [2.45, 2.75) is 77.0 Å². The van der Waals surface area contributed by atoms with E-state index in [1.165, 1.54) is 0 Å². The fourth-order valence-electron chi connectivity index (χ4n) is 3.41. The van der Waals surface area contributed by atoms with Gasteiger partial charge in [-0.25, -0.2) is 0 Å². The number of rotatable bonds is 5. The summed E-state index contributed by atoms with van der Waals surface area (Å²) >= 11 is 0. The Labute approximate surface area is 127 Å². The van der Waals surface area contributed by atoms with E-state index in [4.69, 9.17) is 4.74 Å². The molecule has 1 aliphatic heterocycles. The van der Waals surface area contributed by atoms with Gasteiger partial charge in [0, 0.05) is 6.54 Å². The van der Waals surface area contributed by atoms with Gasteiger partial charge in [-0.05, 0) is 40.0 Å². The van der Waals surface area contributed by atoms with Gasteiger partial charge in [0.05, 0.1) is 12.7 Å². The molecule has 0 radical (unpaired) electrons. The van der Waals surface area contributed by atoms with Gasteiger partial charge in [-0.2, -0.15) is 0 Å². The molecule has 1 N–H and O–H groups in total. The molecular formula is C16H28N2O3. The van der Waals surface area contributed by atoms with E-state index >= 15 is 0 Å². The van der Waals surface area contributed by atoms with Gasteiger partial charge in [-0.15, -0.1) is 0 Å². The third-order valence-electron chi connectivity index (χ3n) is 5.00. The van der Waals surface area contributed by atoms with Crippen LogP contribution in [0, 0.1) is 0 Å². The summed E-state index contributed by atoms with van der Waals surface area (Å²) in [6.45, 7) is 8.72. The van der Waals surface area contributed by atoms with Crippen LogP contribution in [0.5, 0.6) is 0 Å². The SMILES string of the molecule is CCC1(C)C(=O)NC2(CCCC2)C(=O)N1CCOC(C)C. The van der Waals surface area contributed by atoms with Gasteiger partial charge in [0.15, 0.2) is 0 Å². The molecule has 0 aromatic heterocycles. The highest BCUT2D eigenvalue weighted by molar-refractivity contribution is 6.02. The normalized spacial score (nSPS) is 28.5. The van der Waals surface area contributed by atoms with E-state index in [2.05, 4.69) is 5.32 Å². The number of carbonyl (C=O) groups is 2. The minimum atomic E-state index is -0.759. The van der Waals surface area contributed by atoms with Crippen LogP contribution in [0.15, 0.2) is 0 Å². The van der Waals surface area contributed by atoms with Gasteiger partial charge in [0.25, 0.3) is 0 Å². The molecule has 5 heteroatoms. The minimum Gasteiger partial charge on any atom is -0.377 e. The van der Waals surface area contributed by atoms with Crippen LogP contribution in [0.1, 0.15) is 59.8 Å². The maximum Gasteiger partial charge on any atom is 0.249 e. The first-order valence-corrected chi connectivity index (χ1v) is 8.12. The molecule has 1 saturated heterocycles. The Hall–Kier alpha value is -1.10. The second-order valence-electron chi connectivity index (χ2n) is 6.75. The molecule has 1 aliphatic carbocycles. The quantitative estimate of drug-likeness (QED) is 0.842. The molecule has 2 amide bonds. The lowest BCUT2D eigenvalue weighted by atomic mass is 9.83. The molecule has 2 fully saturated rings. The monoisotopic (exact) mass is 296 g/mol. The summed E-state index contributed by atoms with van der Waals surface area (Å²) in [6, 6.07) is 0. The zero-order chi connectivity index (χ0) is 15.7. The Morgan fingerprint density at radius 2 is 1.90 bits per heavy atom. The molecule has 0 aromatic carbocycles. The highest BCUT2D eigenvalue weighted by Gasteiger charge is 2.56. The minimum absolute atomic E-state index is 0.0175. The molecule has 1 heterocycles. The lowest BCUT2D eigenvalue weighted by Crippen LogP contribution is -2.74. The summed E-state index contributed by atoms with van der Waals surface area (Å²) in [5, 5.41) is 3.04. The third kappa shape index (κ3) is 2.80. The van der Waals surface area contributed by atoms with Crippen molar-refractivity contribution in [2.75, 3.05) is 13.2 Å². The van der Waals surface area contributed by atoms with Crippen LogP contribution in [0.2, 0.25) is 0 Å². The standard InChI is InChI=1S/C16H28N2O3/c1-5-15(4)13(19)17-16(8-6-7-9-16)14(20)18(15)10-11-21-12(2)3/h12H,5-11H2,1-4H3,(H,17,19). The Bertz CT molecular complexity index is 416. The topological polar surface area (TPSA) is 58.6 Å².